The van der Waals surface area contributed by atoms with E-state index in [0.29, 0.717) is 11.1 Å². The summed E-state index contributed by atoms with van der Waals surface area (Å²) < 4.78 is 57.1. The van der Waals surface area contributed by atoms with E-state index in [4.69, 9.17) is 71.8 Å². The molecule has 0 N–H and O–H groups in total. The van der Waals surface area contributed by atoms with Gasteiger partial charge in [0.1, 0.15) is 10.0 Å². The highest BCUT2D eigenvalue weighted by molar-refractivity contribution is 7.54. The van der Waals surface area contributed by atoms with E-state index >= 15 is 0 Å². The average Bonchev–Trinajstić information content (AvgIpc) is 2.79. The summed E-state index contributed by atoms with van der Waals surface area (Å²) in [5, 5.41) is -0.802. The van der Waals surface area contributed by atoms with Crippen molar-refractivity contribution in [2.24, 2.45) is 0 Å². The molecular formula is C21H18Cl5F2O5P. The van der Waals surface area contributed by atoms with E-state index in [1.165, 1.54) is 26.0 Å². The largest absolute Gasteiger partial charge is 0.420 e. The molecule has 13 heteroatoms. The lowest BCUT2D eigenvalue weighted by molar-refractivity contribution is -0.128. The number of hydrogen-bond acceptors (Lipinski definition) is 5. The van der Waals surface area contributed by atoms with Crippen LogP contribution in [0.5, 0.6) is 5.75 Å². The topological polar surface area (TPSA) is 61.8 Å². The number of carbonyl (C=O) groups is 1. The van der Waals surface area contributed by atoms with Gasteiger partial charge in [0.15, 0.2) is 5.75 Å². The number of halogens is 7. The second-order valence-corrected chi connectivity index (χ2v) is 10.6. The van der Waals surface area contributed by atoms with E-state index in [2.05, 4.69) is 0 Å². The number of ether oxygens (including phenoxy) is 1. The summed E-state index contributed by atoms with van der Waals surface area (Å²) in [5.74, 6) is -1.17. The molecule has 2 rings (SSSR count). The van der Waals surface area contributed by atoms with Gasteiger partial charge in [0.05, 0.1) is 28.3 Å². The molecule has 0 aliphatic heterocycles. The van der Waals surface area contributed by atoms with Crippen LogP contribution in [-0.2, 0) is 24.1 Å². The SMILES string of the molecule is CCOP(=O)(OCC)C(F)(F)c1ccc(/C(C)=C/C(=O)Oc2c(Cl)c(Cl)c(Cl)c(Cl)c2Cl)cc1. The predicted octanol–water partition coefficient (Wildman–Crippen LogP) is 9.28. The van der Waals surface area contributed by atoms with Crippen LogP contribution in [0.2, 0.25) is 25.1 Å². The Hall–Kier alpha value is -0.890. The predicted molar refractivity (Wildman–Crippen MR) is 132 cm³/mol. The molecule has 0 fully saturated rings. The standard InChI is InChI=1S/C21H18Cl5F2O5P/c1-4-31-34(30,32-5-2)21(27,28)13-8-6-12(7-9-13)11(3)10-14(29)33-20-18(25)16(23)15(22)17(24)19(20)26/h6-10H,4-5H2,1-3H3/b11-10+. The van der Waals surface area contributed by atoms with Gasteiger partial charge in [-0.05, 0) is 31.9 Å². The fraction of sp³-hybridized carbons (Fsp3) is 0.286. The molecule has 34 heavy (non-hydrogen) atoms. The quantitative estimate of drug-likeness (QED) is 0.0721. The first-order valence-corrected chi connectivity index (χ1v) is 13.0. The van der Waals surface area contributed by atoms with Gasteiger partial charge in [-0.2, -0.15) is 8.78 Å². The second kappa shape index (κ2) is 11.9. The number of benzene rings is 2. The number of carbonyl (C=O) groups excluding carboxylic acids is 1. The molecule has 0 aromatic heterocycles. The van der Waals surface area contributed by atoms with E-state index < -0.39 is 24.8 Å². The second-order valence-electron chi connectivity index (χ2n) is 6.60. The average molecular weight is 597 g/mol. The number of allylic oxidation sites excluding steroid dienone is 1. The molecule has 0 bridgehead atoms. The lowest BCUT2D eigenvalue weighted by Crippen LogP contribution is -2.18. The summed E-state index contributed by atoms with van der Waals surface area (Å²) in [6, 6.07) is 4.77. The fourth-order valence-corrected chi connectivity index (χ4v) is 5.44. The van der Waals surface area contributed by atoms with Gasteiger partial charge in [0.25, 0.3) is 0 Å². The Balaban J connectivity index is 2.29. The smallest absolute Gasteiger partial charge is 0.404 e. The maximum absolute atomic E-state index is 14.9. The molecular weight excluding hydrogens is 578 g/mol. The minimum Gasteiger partial charge on any atom is -0.420 e. The number of hydrogen-bond donors (Lipinski definition) is 0. The maximum atomic E-state index is 14.9. The molecule has 5 nitrogen and oxygen atoms in total. The zero-order valence-corrected chi connectivity index (χ0v) is 22.6. The molecule has 0 radical (unpaired) electrons. The first kappa shape index (κ1) is 29.3. The molecule has 0 unspecified atom stereocenters. The minimum absolute atomic E-state index is 0.0973. The van der Waals surface area contributed by atoms with Gasteiger partial charge in [-0.1, -0.05) is 82.3 Å². The summed E-state index contributed by atoms with van der Waals surface area (Å²) in [4.78, 5) is 12.4. The summed E-state index contributed by atoms with van der Waals surface area (Å²) in [7, 11) is -4.74. The van der Waals surface area contributed by atoms with Gasteiger partial charge in [-0.3, -0.25) is 4.57 Å². The van der Waals surface area contributed by atoms with Crippen LogP contribution in [0.15, 0.2) is 30.3 Å². The molecule has 2 aromatic rings. The molecule has 0 heterocycles. The highest BCUT2D eigenvalue weighted by Gasteiger charge is 2.54. The van der Waals surface area contributed by atoms with Gasteiger partial charge in [-0.25, -0.2) is 4.79 Å². The van der Waals surface area contributed by atoms with Crippen LogP contribution in [0.25, 0.3) is 5.57 Å². The van der Waals surface area contributed by atoms with Gasteiger partial charge >= 0.3 is 19.2 Å². The van der Waals surface area contributed by atoms with Gasteiger partial charge in [0.2, 0.25) is 0 Å². The highest BCUT2D eigenvalue weighted by atomic mass is 35.5. The molecule has 0 aliphatic carbocycles. The van der Waals surface area contributed by atoms with Crippen molar-refractivity contribution >= 4 is 77.1 Å². The molecule has 0 saturated heterocycles. The number of alkyl halides is 2. The Morgan fingerprint density at radius 1 is 0.912 bits per heavy atom. The Labute approximate surface area is 220 Å². The van der Waals surface area contributed by atoms with Gasteiger partial charge in [-0.15, -0.1) is 0 Å². The first-order chi connectivity index (χ1) is 15.8. The molecule has 0 atom stereocenters. The zero-order chi connectivity index (χ0) is 25.8. The van der Waals surface area contributed by atoms with Crippen molar-refractivity contribution in [1.82, 2.24) is 0 Å². The van der Waals surface area contributed by atoms with Crippen LogP contribution in [0.3, 0.4) is 0 Å². The van der Waals surface area contributed by atoms with E-state index in [1.807, 2.05) is 0 Å². The van der Waals surface area contributed by atoms with Gasteiger partial charge < -0.3 is 13.8 Å². The third-order valence-electron chi connectivity index (χ3n) is 4.34. The van der Waals surface area contributed by atoms with E-state index in [1.54, 1.807) is 6.92 Å². The summed E-state index contributed by atoms with van der Waals surface area (Å²) in [6.07, 6.45) is 1.08. The lowest BCUT2D eigenvalue weighted by Gasteiger charge is -2.26. The zero-order valence-electron chi connectivity index (χ0n) is 17.9. The van der Waals surface area contributed by atoms with Crippen molar-refractivity contribution in [3.8, 4) is 5.75 Å². The first-order valence-electron chi connectivity index (χ1n) is 9.60. The van der Waals surface area contributed by atoms with E-state index in [-0.39, 0.29) is 44.1 Å². The monoisotopic (exact) mass is 594 g/mol. The van der Waals surface area contributed by atoms with Crippen LogP contribution >= 0.6 is 65.6 Å². The highest BCUT2D eigenvalue weighted by Crippen LogP contribution is 2.66. The number of rotatable bonds is 9. The van der Waals surface area contributed by atoms with E-state index in [0.717, 1.165) is 18.2 Å². The Kier molecular flexibility index (Phi) is 10.3. The molecule has 0 spiro atoms. The third kappa shape index (κ3) is 6.08. The van der Waals surface area contributed by atoms with Crippen LogP contribution in [0, 0.1) is 0 Å². The maximum Gasteiger partial charge on any atom is 0.404 e. The summed E-state index contributed by atoms with van der Waals surface area (Å²) in [6.45, 7) is 3.99. The molecule has 186 valence electrons. The van der Waals surface area contributed by atoms with Crippen molar-refractivity contribution < 1.29 is 31.9 Å². The molecule has 0 amide bonds. The van der Waals surface area contributed by atoms with Crippen LogP contribution < -0.4 is 4.74 Å². The summed E-state index contributed by atoms with van der Waals surface area (Å²) >= 11 is 29.9. The van der Waals surface area contributed by atoms with Crippen molar-refractivity contribution in [1.29, 1.82) is 0 Å². The van der Waals surface area contributed by atoms with Crippen molar-refractivity contribution in [3.63, 3.8) is 0 Å². The van der Waals surface area contributed by atoms with Crippen LogP contribution in [-0.4, -0.2) is 19.2 Å². The van der Waals surface area contributed by atoms with Crippen LogP contribution in [0.1, 0.15) is 31.9 Å². The minimum atomic E-state index is -4.74. The lowest BCUT2D eigenvalue weighted by atomic mass is 10.1. The van der Waals surface area contributed by atoms with E-state index in [9.17, 15) is 18.1 Å². The molecule has 0 saturated carbocycles. The molecule has 2 aromatic carbocycles. The Bertz CT molecular complexity index is 1120. The van der Waals surface area contributed by atoms with Crippen molar-refractivity contribution in [2.45, 2.75) is 26.4 Å². The molecule has 0 aliphatic rings. The fourth-order valence-electron chi connectivity index (χ4n) is 2.70. The summed E-state index contributed by atoms with van der Waals surface area (Å²) in [5.41, 5.74) is -3.69. The van der Waals surface area contributed by atoms with Crippen molar-refractivity contribution in [2.75, 3.05) is 13.2 Å². The Morgan fingerprint density at radius 2 is 1.35 bits per heavy atom. The third-order valence-corrected chi connectivity index (χ3v) is 8.72. The van der Waals surface area contributed by atoms with Crippen LogP contribution in [0.4, 0.5) is 8.78 Å². The van der Waals surface area contributed by atoms with Crippen molar-refractivity contribution in [3.05, 3.63) is 66.6 Å². The van der Waals surface area contributed by atoms with Gasteiger partial charge in [0, 0.05) is 11.6 Å². The normalized spacial score (nSPS) is 12.7. The number of esters is 1. The Morgan fingerprint density at radius 3 is 1.79 bits per heavy atom.